The molecular formula is C26H33N3O4. The number of likely N-dealkylation sites (tertiary alicyclic amines) is 1. The van der Waals surface area contributed by atoms with E-state index in [4.69, 9.17) is 5.11 Å². The summed E-state index contributed by atoms with van der Waals surface area (Å²) in [5.74, 6) is -0.591. The highest BCUT2D eigenvalue weighted by Crippen LogP contribution is 2.25. The van der Waals surface area contributed by atoms with E-state index in [0.29, 0.717) is 18.9 Å². The number of allylic oxidation sites excluding steroid dienone is 1. The number of H-pyrrole nitrogens is 1. The van der Waals surface area contributed by atoms with Crippen LogP contribution in [0.3, 0.4) is 0 Å². The number of amides is 1. The van der Waals surface area contributed by atoms with Gasteiger partial charge in [0.15, 0.2) is 5.78 Å². The number of carboxylic acid groups (broad SMARTS) is 1. The van der Waals surface area contributed by atoms with E-state index in [1.807, 2.05) is 12.1 Å². The molecule has 2 heterocycles. The van der Waals surface area contributed by atoms with Gasteiger partial charge in [0.2, 0.25) is 5.91 Å². The van der Waals surface area contributed by atoms with Crippen LogP contribution in [-0.4, -0.2) is 51.8 Å². The summed E-state index contributed by atoms with van der Waals surface area (Å²) in [5, 5.41) is 13.0. The fourth-order valence-electron chi connectivity index (χ4n) is 5.02. The largest absolute Gasteiger partial charge is 0.477 e. The van der Waals surface area contributed by atoms with Crippen LogP contribution in [0.4, 0.5) is 5.69 Å². The highest BCUT2D eigenvalue weighted by molar-refractivity contribution is 5.97. The molecule has 0 radical (unpaired) electrons. The molecule has 0 bridgehead atoms. The number of Topliss-reactive ketones (excluding diaryl/α,β-unsaturated/α-hetero) is 1. The number of nitrogens with zero attached hydrogens (tertiary/aromatic N) is 1. The molecule has 1 aliphatic carbocycles. The molecule has 1 saturated carbocycles. The van der Waals surface area contributed by atoms with Crippen LogP contribution in [0.25, 0.3) is 10.9 Å². The van der Waals surface area contributed by atoms with Crippen LogP contribution in [0, 0.1) is 5.92 Å². The van der Waals surface area contributed by atoms with Gasteiger partial charge in [-0.2, -0.15) is 0 Å². The number of carbonyl (C=O) groups excluding carboxylic acids is 2. The average Bonchev–Trinajstić information content (AvgIpc) is 3.43. The Balaban J connectivity index is 1.33. The molecule has 1 unspecified atom stereocenters. The van der Waals surface area contributed by atoms with E-state index in [2.05, 4.69) is 16.4 Å². The summed E-state index contributed by atoms with van der Waals surface area (Å²) >= 11 is 0. The lowest BCUT2D eigenvalue weighted by atomic mass is 9.91. The van der Waals surface area contributed by atoms with Gasteiger partial charge in [-0.1, -0.05) is 38.2 Å². The van der Waals surface area contributed by atoms with E-state index in [1.54, 1.807) is 23.1 Å². The van der Waals surface area contributed by atoms with E-state index >= 15 is 0 Å². The summed E-state index contributed by atoms with van der Waals surface area (Å²) in [6.07, 6.45) is 14.0. The molecule has 4 rings (SSSR count). The van der Waals surface area contributed by atoms with Crippen molar-refractivity contribution in [2.75, 3.05) is 18.4 Å². The Morgan fingerprint density at radius 1 is 1.03 bits per heavy atom. The van der Waals surface area contributed by atoms with Crippen molar-refractivity contribution in [3.05, 3.63) is 42.1 Å². The number of anilines is 1. The van der Waals surface area contributed by atoms with Gasteiger partial charge in [0.25, 0.3) is 0 Å². The van der Waals surface area contributed by atoms with Crippen molar-refractivity contribution in [2.45, 2.75) is 63.8 Å². The number of carboxylic acids is 1. The molecule has 2 fully saturated rings. The number of aromatic nitrogens is 1. The first kappa shape index (κ1) is 23.1. The molecule has 176 valence electrons. The van der Waals surface area contributed by atoms with E-state index < -0.39 is 5.97 Å². The molecule has 0 spiro atoms. The molecule has 33 heavy (non-hydrogen) atoms. The maximum atomic E-state index is 12.9. The van der Waals surface area contributed by atoms with Crippen molar-refractivity contribution in [1.29, 1.82) is 0 Å². The third-order valence-electron chi connectivity index (χ3n) is 6.89. The van der Waals surface area contributed by atoms with Crippen molar-refractivity contribution < 1.29 is 19.5 Å². The number of carbonyl (C=O) groups is 3. The Kier molecular flexibility index (Phi) is 7.47. The standard InChI is InChI=1S/C26H33N3O4/c30-24(17-27-20-11-12-21-19(15-20)16-22(28-21)26(32)33)23-9-6-14-29(23)25(31)13-10-18-7-4-2-1-3-5-8-18/h10-13,15-16,18,23,27-28H,1-9,14,17H2,(H,32,33)/b13-10+. The molecule has 2 aromatic rings. The Morgan fingerprint density at radius 2 is 1.79 bits per heavy atom. The van der Waals surface area contributed by atoms with Gasteiger partial charge in [0, 0.05) is 23.1 Å². The quantitative estimate of drug-likeness (QED) is 0.527. The smallest absolute Gasteiger partial charge is 0.352 e. The van der Waals surface area contributed by atoms with Gasteiger partial charge >= 0.3 is 5.97 Å². The number of aromatic amines is 1. The van der Waals surface area contributed by atoms with Gasteiger partial charge in [-0.15, -0.1) is 0 Å². The molecule has 7 nitrogen and oxygen atoms in total. The van der Waals surface area contributed by atoms with Crippen molar-refractivity contribution in [2.24, 2.45) is 5.92 Å². The first-order valence-corrected chi connectivity index (χ1v) is 12.1. The first-order valence-electron chi connectivity index (χ1n) is 12.1. The van der Waals surface area contributed by atoms with Crippen LogP contribution in [-0.2, 0) is 9.59 Å². The average molecular weight is 452 g/mol. The fourth-order valence-corrected chi connectivity index (χ4v) is 5.02. The van der Waals surface area contributed by atoms with Gasteiger partial charge in [-0.3, -0.25) is 9.59 Å². The topological polar surface area (TPSA) is 102 Å². The monoisotopic (exact) mass is 451 g/mol. The normalized spacial score (nSPS) is 20.1. The molecule has 1 aromatic carbocycles. The Hall–Kier alpha value is -3.09. The molecule has 3 N–H and O–H groups in total. The van der Waals surface area contributed by atoms with Gasteiger partial charge in [-0.05, 0) is 61.9 Å². The van der Waals surface area contributed by atoms with E-state index in [-0.39, 0.29) is 30.0 Å². The molecule has 1 amide bonds. The van der Waals surface area contributed by atoms with Crippen LogP contribution >= 0.6 is 0 Å². The third kappa shape index (κ3) is 5.83. The van der Waals surface area contributed by atoms with Crippen LogP contribution in [0.15, 0.2) is 36.4 Å². The number of benzene rings is 1. The zero-order valence-electron chi connectivity index (χ0n) is 19.0. The third-order valence-corrected chi connectivity index (χ3v) is 6.89. The lowest BCUT2D eigenvalue weighted by Gasteiger charge is -2.23. The lowest BCUT2D eigenvalue weighted by molar-refractivity contribution is -0.133. The summed E-state index contributed by atoms with van der Waals surface area (Å²) < 4.78 is 0. The molecule has 7 heteroatoms. The summed E-state index contributed by atoms with van der Waals surface area (Å²) in [5.41, 5.74) is 1.60. The number of nitrogens with one attached hydrogen (secondary N) is 2. The van der Waals surface area contributed by atoms with Crippen molar-refractivity contribution in [1.82, 2.24) is 9.88 Å². The van der Waals surface area contributed by atoms with E-state index in [0.717, 1.165) is 35.9 Å². The Morgan fingerprint density at radius 3 is 2.55 bits per heavy atom. The minimum Gasteiger partial charge on any atom is -0.477 e. The number of hydrogen-bond acceptors (Lipinski definition) is 4. The Labute approximate surface area is 194 Å². The zero-order valence-corrected chi connectivity index (χ0v) is 19.0. The lowest BCUT2D eigenvalue weighted by Crippen LogP contribution is -2.42. The number of rotatable bonds is 7. The maximum Gasteiger partial charge on any atom is 0.352 e. The maximum absolute atomic E-state index is 12.9. The van der Waals surface area contributed by atoms with Crippen LogP contribution in [0.2, 0.25) is 0 Å². The highest BCUT2D eigenvalue weighted by atomic mass is 16.4. The summed E-state index contributed by atoms with van der Waals surface area (Å²) in [4.78, 5) is 41.5. The summed E-state index contributed by atoms with van der Waals surface area (Å²) in [6.45, 7) is 0.750. The van der Waals surface area contributed by atoms with Crippen LogP contribution in [0.5, 0.6) is 0 Å². The number of aromatic carboxylic acids is 1. The molecule has 1 atom stereocenters. The van der Waals surface area contributed by atoms with Gasteiger partial charge < -0.3 is 20.3 Å². The van der Waals surface area contributed by atoms with E-state index in [9.17, 15) is 14.4 Å². The van der Waals surface area contributed by atoms with Crippen molar-refractivity contribution in [3.63, 3.8) is 0 Å². The highest BCUT2D eigenvalue weighted by Gasteiger charge is 2.32. The molecule has 1 aromatic heterocycles. The Bertz CT molecular complexity index is 1030. The molecule has 1 saturated heterocycles. The SMILES string of the molecule is O=C(O)c1cc2cc(NCC(=O)C3CCCN3C(=O)/C=C/C3CCCCCCC3)ccc2[nH]1. The minimum atomic E-state index is -1.01. The predicted molar refractivity (Wildman–Crippen MR) is 128 cm³/mol. The summed E-state index contributed by atoms with van der Waals surface area (Å²) in [6, 6.07) is 6.61. The van der Waals surface area contributed by atoms with Gasteiger partial charge in [0.1, 0.15) is 5.69 Å². The molecular weight excluding hydrogens is 418 g/mol. The van der Waals surface area contributed by atoms with Crippen molar-refractivity contribution in [3.8, 4) is 0 Å². The zero-order chi connectivity index (χ0) is 23.2. The predicted octanol–water partition coefficient (Wildman–Crippen LogP) is 4.75. The second kappa shape index (κ2) is 10.7. The van der Waals surface area contributed by atoms with E-state index in [1.165, 1.54) is 32.1 Å². The second-order valence-electron chi connectivity index (χ2n) is 9.26. The van der Waals surface area contributed by atoms with Crippen LogP contribution < -0.4 is 5.32 Å². The van der Waals surface area contributed by atoms with Crippen molar-refractivity contribution >= 4 is 34.3 Å². The number of hydrogen-bond donors (Lipinski definition) is 3. The summed E-state index contributed by atoms with van der Waals surface area (Å²) in [7, 11) is 0. The minimum absolute atomic E-state index is 0.000551. The van der Waals surface area contributed by atoms with Crippen LogP contribution in [0.1, 0.15) is 68.3 Å². The second-order valence-corrected chi connectivity index (χ2v) is 9.26. The molecule has 2 aliphatic rings. The fraction of sp³-hybridized carbons (Fsp3) is 0.500. The number of fused-ring (bicyclic) bond motifs is 1. The van der Waals surface area contributed by atoms with Gasteiger partial charge in [0.05, 0.1) is 12.6 Å². The first-order chi connectivity index (χ1) is 16.0. The van der Waals surface area contributed by atoms with Gasteiger partial charge in [-0.25, -0.2) is 4.79 Å². The molecule has 1 aliphatic heterocycles. The number of ketones is 1.